The zero-order valence-electron chi connectivity index (χ0n) is 7.40. The molecule has 72 valence electrons. The van der Waals surface area contributed by atoms with Crippen molar-refractivity contribution in [1.29, 1.82) is 0 Å². The molecule has 0 saturated carbocycles. The predicted octanol–water partition coefficient (Wildman–Crippen LogP) is 1.52. The smallest absolute Gasteiger partial charge is 0.202 e. The molecule has 0 amide bonds. The van der Waals surface area contributed by atoms with Gasteiger partial charge < -0.3 is 10.1 Å². The van der Waals surface area contributed by atoms with Crippen LogP contribution in [0.15, 0.2) is 6.33 Å². The van der Waals surface area contributed by atoms with Gasteiger partial charge in [0, 0.05) is 24.7 Å². The van der Waals surface area contributed by atoms with Crippen LogP contribution in [-0.4, -0.2) is 28.6 Å². The lowest BCUT2D eigenvalue weighted by Crippen LogP contribution is -2.26. The van der Waals surface area contributed by atoms with E-state index in [-0.39, 0.29) is 0 Å². The quantitative estimate of drug-likeness (QED) is 0.801. The molecule has 0 bridgehead atoms. The Morgan fingerprint density at radius 1 is 1.62 bits per heavy atom. The molecule has 1 unspecified atom stereocenters. The maximum Gasteiger partial charge on any atom is 0.202 e. The molecule has 1 fully saturated rings. The van der Waals surface area contributed by atoms with Gasteiger partial charge in [-0.1, -0.05) is 0 Å². The van der Waals surface area contributed by atoms with Crippen molar-refractivity contribution in [3.05, 3.63) is 6.33 Å². The normalized spacial score (nSPS) is 22.9. The van der Waals surface area contributed by atoms with Gasteiger partial charge in [-0.3, -0.25) is 0 Å². The van der Waals surface area contributed by atoms with E-state index in [0.717, 1.165) is 24.7 Å². The second kappa shape index (κ2) is 4.53. The molecule has 4 nitrogen and oxygen atoms in total. The Labute approximate surface area is 81.5 Å². The van der Waals surface area contributed by atoms with Crippen LogP contribution in [0.1, 0.15) is 19.3 Å². The van der Waals surface area contributed by atoms with Gasteiger partial charge in [0.2, 0.25) is 5.13 Å². The Bertz CT molecular complexity index is 234. The van der Waals surface area contributed by atoms with E-state index in [9.17, 15) is 0 Å². The molecule has 5 heteroatoms. The van der Waals surface area contributed by atoms with Crippen LogP contribution in [0.25, 0.3) is 0 Å². The van der Waals surface area contributed by atoms with Gasteiger partial charge in [-0.2, -0.15) is 4.37 Å². The van der Waals surface area contributed by atoms with Crippen molar-refractivity contribution >= 4 is 16.7 Å². The van der Waals surface area contributed by atoms with Crippen LogP contribution < -0.4 is 5.32 Å². The molecule has 13 heavy (non-hydrogen) atoms. The number of nitrogens with zero attached hydrogens (tertiary/aromatic N) is 2. The largest absolute Gasteiger partial charge is 0.376 e. The molecule has 1 atom stereocenters. The van der Waals surface area contributed by atoms with E-state index in [1.807, 2.05) is 0 Å². The Hall–Kier alpha value is -0.680. The highest BCUT2D eigenvalue weighted by Gasteiger charge is 2.13. The summed E-state index contributed by atoms with van der Waals surface area (Å²) in [6, 6.07) is 0. The van der Waals surface area contributed by atoms with Gasteiger partial charge in [-0.25, -0.2) is 4.98 Å². The minimum absolute atomic E-state index is 0.359. The second-order valence-electron chi connectivity index (χ2n) is 3.12. The molecular weight excluding hydrogens is 186 g/mol. The van der Waals surface area contributed by atoms with Crippen molar-refractivity contribution in [2.75, 3.05) is 18.5 Å². The molecule has 0 aliphatic carbocycles. The monoisotopic (exact) mass is 199 g/mol. The van der Waals surface area contributed by atoms with Crippen molar-refractivity contribution in [3.63, 3.8) is 0 Å². The van der Waals surface area contributed by atoms with Gasteiger partial charge in [0.15, 0.2) is 0 Å². The minimum atomic E-state index is 0.359. The van der Waals surface area contributed by atoms with Crippen molar-refractivity contribution in [2.45, 2.75) is 25.4 Å². The Balaban J connectivity index is 1.72. The van der Waals surface area contributed by atoms with E-state index in [2.05, 4.69) is 14.7 Å². The SMILES string of the molecule is c1nsc(NCC2CCCCO2)n1. The number of nitrogens with one attached hydrogen (secondary N) is 1. The third-order valence-corrected chi connectivity index (χ3v) is 2.74. The average Bonchev–Trinajstić information content (AvgIpc) is 2.69. The zero-order valence-corrected chi connectivity index (χ0v) is 8.22. The topological polar surface area (TPSA) is 47.0 Å². The van der Waals surface area contributed by atoms with E-state index in [1.165, 1.54) is 24.4 Å². The highest BCUT2D eigenvalue weighted by molar-refractivity contribution is 7.09. The van der Waals surface area contributed by atoms with Gasteiger partial charge in [0.05, 0.1) is 6.10 Å². The van der Waals surface area contributed by atoms with Gasteiger partial charge in [-0.05, 0) is 19.3 Å². The number of aromatic nitrogens is 2. The Morgan fingerprint density at radius 3 is 3.31 bits per heavy atom. The summed E-state index contributed by atoms with van der Waals surface area (Å²) in [5.74, 6) is 0. The van der Waals surface area contributed by atoms with E-state index >= 15 is 0 Å². The van der Waals surface area contributed by atoms with Crippen LogP contribution in [0, 0.1) is 0 Å². The number of ether oxygens (including phenoxy) is 1. The van der Waals surface area contributed by atoms with E-state index in [0.29, 0.717) is 6.10 Å². The van der Waals surface area contributed by atoms with Crippen LogP contribution >= 0.6 is 11.5 Å². The van der Waals surface area contributed by atoms with Crippen molar-refractivity contribution in [1.82, 2.24) is 9.36 Å². The third kappa shape index (κ3) is 2.63. The fourth-order valence-electron chi connectivity index (χ4n) is 1.42. The molecule has 1 aliphatic rings. The molecule has 0 radical (unpaired) electrons. The fourth-order valence-corrected chi connectivity index (χ4v) is 1.86. The van der Waals surface area contributed by atoms with Crippen LogP contribution in [0.2, 0.25) is 0 Å². The van der Waals surface area contributed by atoms with Crippen molar-refractivity contribution in [2.24, 2.45) is 0 Å². The molecule has 1 aromatic heterocycles. The lowest BCUT2D eigenvalue weighted by atomic mass is 10.1. The molecule has 2 rings (SSSR count). The minimum Gasteiger partial charge on any atom is -0.376 e. The van der Waals surface area contributed by atoms with Crippen LogP contribution in [-0.2, 0) is 4.74 Å². The number of hydrogen-bond donors (Lipinski definition) is 1. The average molecular weight is 199 g/mol. The Morgan fingerprint density at radius 2 is 2.62 bits per heavy atom. The summed E-state index contributed by atoms with van der Waals surface area (Å²) < 4.78 is 9.48. The predicted molar refractivity (Wildman–Crippen MR) is 52.0 cm³/mol. The van der Waals surface area contributed by atoms with Gasteiger partial charge in [0.1, 0.15) is 6.33 Å². The summed E-state index contributed by atoms with van der Waals surface area (Å²) in [5.41, 5.74) is 0. The molecule has 1 aromatic rings. The first-order valence-corrected chi connectivity index (χ1v) is 5.34. The Kier molecular flexibility index (Phi) is 3.10. The standard InChI is InChI=1S/C8H13N3OS/c1-2-4-12-7(3-1)5-9-8-10-6-11-13-8/h6-7H,1-5H2,(H,9,10,11). The number of hydrogen-bond acceptors (Lipinski definition) is 5. The molecule has 0 aromatic carbocycles. The molecular formula is C8H13N3OS. The first kappa shape index (κ1) is 8.90. The second-order valence-corrected chi connectivity index (χ2v) is 3.90. The van der Waals surface area contributed by atoms with E-state index < -0.39 is 0 Å². The number of anilines is 1. The number of rotatable bonds is 3. The van der Waals surface area contributed by atoms with Crippen molar-refractivity contribution < 1.29 is 4.74 Å². The summed E-state index contributed by atoms with van der Waals surface area (Å²) in [4.78, 5) is 4.04. The lowest BCUT2D eigenvalue weighted by Gasteiger charge is -2.22. The highest BCUT2D eigenvalue weighted by atomic mass is 32.1. The molecule has 1 aliphatic heterocycles. The van der Waals surface area contributed by atoms with Crippen LogP contribution in [0.4, 0.5) is 5.13 Å². The summed E-state index contributed by atoms with van der Waals surface area (Å²) in [6.07, 6.45) is 5.57. The third-order valence-electron chi connectivity index (χ3n) is 2.12. The summed E-state index contributed by atoms with van der Waals surface area (Å²) >= 11 is 1.38. The highest BCUT2D eigenvalue weighted by Crippen LogP contribution is 2.14. The van der Waals surface area contributed by atoms with Crippen LogP contribution in [0.5, 0.6) is 0 Å². The summed E-state index contributed by atoms with van der Waals surface area (Å²) in [7, 11) is 0. The molecule has 2 heterocycles. The zero-order chi connectivity index (χ0) is 8.93. The maximum atomic E-state index is 5.57. The van der Waals surface area contributed by atoms with Crippen molar-refractivity contribution in [3.8, 4) is 0 Å². The summed E-state index contributed by atoms with van der Waals surface area (Å²) in [6.45, 7) is 1.76. The fraction of sp³-hybridized carbons (Fsp3) is 0.750. The van der Waals surface area contributed by atoms with Gasteiger partial charge >= 0.3 is 0 Å². The lowest BCUT2D eigenvalue weighted by molar-refractivity contribution is 0.0247. The first-order chi connectivity index (χ1) is 6.45. The summed E-state index contributed by atoms with van der Waals surface area (Å²) in [5, 5.41) is 4.10. The van der Waals surface area contributed by atoms with Gasteiger partial charge in [0.25, 0.3) is 0 Å². The van der Waals surface area contributed by atoms with E-state index in [4.69, 9.17) is 4.74 Å². The van der Waals surface area contributed by atoms with Gasteiger partial charge in [-0.15, -0.1) is 0 Å². The maximum absolute atomic E-state index is 5.57. The van der Waals surface area contributed by atoms with Crippen LogP contribution in [0.3, 0.4) is 0 Å². The first-order valence-electron chi connectivity index (χ1n) is 4.57. The molecule has 1 saturated heterocycles. The molecule has 1 N–H and O–H groups in total. The van der Waals surface area contributed by atoms with E-state index in [1.54, 1.807) is 6.33 Å². The molecule has 0 spiro atoms.